The van der Waals surface area contributed by atoms with Crippen LogP contribution in [-0.2, 0) is 0 Å². The molecule has 62 heavy (non-hydrogen) atoms. The minimum atomic E-state index is 0.582. The van der Waals surface area contributed by atoms with Gasteiger partial charge in [0.05, 0.1) is 11.0 Å². The van der Waals surface area contributed by atoms with Crippen LogP contribution in [0.25, 0.3) is 117 Å². The SMILES string of the molecule is c1ccc(-c2cccc(-c3nc(-c4ccccc4)nc(-c4ccc5c(c4)oc4ccc(-c6ccccc6-c6cccc7c8ccccc8n(-c8ccccc8)c67)cc45)n3)c2)cc1. The van der Waals surface area contributed by atoms with Crippen LogP contribution in [0.3, 0.4) is 0 Å². The maximum absolute atomic E-state index is 6.60. The number of hydrogen-bond donors (Lipinski definition) is 0. The van der Waals surface area contributed by atoms with Crippen LogP contribution in [0.15, 0.2) is 223 Å². The van der Waals surface area contributed by atoms with Crippen molar-refractivity contribution < 1.29 is 4.42 Å². The third kappa shape index (κ3) is 6.06. The lowest BCUT2D eigenvalue weighted by Crippen LogP contribution is -2.00. The summed E-state index contributed by atoms with van der Waals surface area (Å²) in [6.45, 7) is 0. The standard InChI is InChI=1S/C57H36N4O/c1-4-16-37(17-5-1)39-20-14-21-41(34-39)56-58-55(38-18-6-2-7-19-38)59-57(60-56)42-30-32-47-50-35-40(31-33-52(50)62-53(47)36-42)44-24-10-11-25-45(44)48-27-15-28-49-46-26-12-13-29-51(46)61(54(48)49)43-22-8-3-9-23-43/h1-36H. The Morgan fingerprint density at radius 2 is 0.871 bits per heavy atom. The molecular weight excluding hydrogens is 757 g/mol. The molecule has 0 aliphatic rings. The molecule has 0 amide bonds. The quantitative estimate of drug-likeness (QED) is 0.161. The van der Waals surface area contributed by atoms with Gasteiger partial charge in [0.1, 0.15) is 11.2 Å². The molecule has 3 heterocycles. The summed E-state index contributed by atoms with van der Waals surface area (Å²) >= 11 is 0. The Hall–Kier alpha value is -8.41. The Bertz CT molecular complexity index is 3630. The van der Waals surface area contributed by atoms with E-state index in [2.05, 4.69) is 187 Å². The van der Waals surface area contributed by atoms with Gasteiger partial charge in [-0.05, 0) is 76.3 Å². The minimum Gasteiger partial charge on any atom is -0.456 e. The first-order valence-electron chi connectivity index (χ1n) is 20.8. The van der Waals surface area contributed by atoms with Crippen molar-refractivity contribution in [2.45, 2.75) is 0 Å². The Kier molecular flexibility index (Phi) is 8.42. The molecule has 0 saturated carbocycles. The normalized spacial score (nSPS) is 11.5. The Morgan fingerprint density at radius 1 is 0.306 bits per heavy atom. The maximum Gasteiger partial charge on any atom is 0.164 e. The summed E-state index contributed by atoms with van der Waals surface area (Å²) in [5, 5.41) is 4.54. The molecule has 5 nitrogen and oxygen atoms in total. The highest BCUT2D eigenvalue weighted by Gasteiger charge is 2.20. The molecule has 0 aliphatic carbocycles. The van der Waals surface area contributed by atoms with Crippen molar-refractivity contribution in [2.75, 3.05) is 0 Å². The van der Waals surface area contributed by atoms with Crippen molar-refractivity contribution >= 4 is 43.7 Å². The maximum atomic E-state index is 6.60. The Balaban J connectivity index is 0.972. The van der Waals surface area contributed by atoms with Crippen molar-refractivity contribution in [1.82, 2.24) is 19.5 Å². The summed E-state index contributed by atoms with van der Waals surface area (Å²) in [5.41, 5.74) is 14.7. The van der Waals surface area contributed by atoms with Gasteiger partial charge in [-0.25, -0.2) is 15.0 Å². The van der Waals surface area contributed by atoms with Crippen LogP contribution in [0.5, 0.6) is 0 Å². The second kappa shape index (κ2) is 14.7. The number of hydrogen-bond acceptors (Lipinski definition) is 4. The molecule has 0 radical (unpaired) electrons. The fourth-order valence-corrected chi connectivity index (χ4v) is 8.95. The van der Waals surface area contributed by atoms with E-state index < -0.39 is 0 Å². The highest BCUT2D eigenvalue weighted by molar-refractivity contribution is 6.15. The van der Waals surface area contributed by atoms with E-state index in [-0.39, 0.29) is 0 Å². The lowest BCUT2D eigenvalue weighted by atomic mass is 9.92. The molecular formula is C57H36N4O. The third-order valence-electron chi connectivity index (χ3n) is 11.9. The summed E-state index contributed by atoms with van der Waals surface area (Å²) in [4.78, 5) is 15.1. The summed E-state index contributed by atoms with van der Waals surface area (Å²) in [7, 11) is 0. The van der Waals surface area contributed by atoms with Crippen molar-refractivity contribution in [2.24, 2.45) is 0 Å². The van der Waals surface area contributed by atoms with Crippen LogP contribution in [0.1, 0.15) is 0 Å². The monoisotopic (exact) mass is 792 g/mol. The van der Waals surface area contributed by atoms with Crippen LogP contribution in [0.4, 0.5) is 0 Å². The van der Waals surface area contributed by atoms with E-state index in [1.807, 2.05) is 36.4 Å². The van der Waals surface area contributed by atoms with Gasteiger partial charge in [0, 0.05) is 49.5 Å². The lowest BCUT2D eigenvalue weighted by Gasteiger charge is -2.15. The zero-order chi connectivity index (χ0) is 41.0. The topological polar surface area (TPSA) is 56.7 Å². The molecule has 0 unspecified atom stereocenters. The van der Waals surface area contributed by atoms with Crippen LogP contribution >= 0.6 is 0 Å². The zero-order valence-electron chi connectivity index (χ0n) is 33.5. The Labute approximate surface area is 357 Å². The average molecular weight is 793 g/mol. The van der Waals surface area contributed by atoms with Crippen molar-refractivity contribution in [3.05, 3.63) is 218 Å². The lowest BCUT2D eigenvalue weighted by molar-refractivity contribution is 0.669. The molecule has 12 aromatic rings. The van der Waals surface area contributed by atoms with Gasteiger partial charge in [-0.2, -0.15) is 0 Å². The summed E-state index contributed by atoms with van der Waals surface area (Å²) in [5.74, 6) is 1.81. The van der Waals surface area contributed by atoms with E-state index in [0.29, 0.717) is 17.5 Å². The molecule has 0 fully saturated rings. The van der Waals surface area contributed by atoms with Gasteiger partial charge in [0.2, 0.25) is 0 Å². The van der Waals surface area contributed by atoms with E-state index >= 15 is 0 Å². The number of nitrogens with zero attached hydrogens (tertiary/aromatic N) is 4. The number of rotatable bonds is 7. The minimum absolute atomic E-state index is 0.582. The molecule has 0 atom stereocenters. The predicted octanol–water partition coefficient (Wildman–Crippen LogP) is 14.9. The molecule has 0 N–H and O–H groups in total. The van der Waals surface area contributed by atoms with Crippen LogP contribution < -0.4 is 0 Å². The summed E-state index contributed by atoms with van der Waals surface area (Å²) in [6, 6.07) is 76.4. The van der Waals surface area contributed by atoms with Gasteiger partial charge >= 0.3 is 0 Å². The smallest absolute Gasteiger partial charge is 0.164 e. The van der Waals surface area contributed by atoms with Gasteiger partial charge in [0.15, 0.2) is 17.5 Å². The molecule has 0 bridgehead atoms. The van der Waals surface area contributed by atoms with Gasteiger partial charge < -0.3 is 8.98 Å². The first-order valence-corrected chi connectivity index (χ1v) is 20.8. The number of aromatic nitrogens is 4. The predicted molar refractivity (Wildman–Crippen MR) is 254 cm³/mol. The van der Waals surface area contributed by atoms with E-state index in [1.54, 1.807) is 0 Å². The first kappa shape index (κ1) is 35.5. The second-order valence-electron chi connectivity index (χ2n) is 15.6. The van der Waals surface area contributed by atoms with Crippen LogP contribution in [-0.4, -0.2) is 19.5 Å². The largest absolute Gasteiger partial charge is 0.456 e. The fraction of sp³-hybridized carbons (Fsp3) is 0. The fourth-order valence-electron chi connectivity index (χ4n) is 8.95. The second-order valence-corrected chi connectivity index (χ2v) is 15.6. The molecule has 9 aromatic carbocycles. The number of fused-ring (bicyclic) bond motifs is 6. The van der Waals surface area contributed by atoms with E-state index in [9.17, 15) is 0 Å². The van der Waals surface area contributed by atoms with Gasteiger partial charge in [-0.3, -0.25) is 0 Å². The molecule has 3 aromatic heterocycles. The van der Waals surface area contributed by atoms with E-state index in [1.165, 1.54) is 32.9 Å². The molecule has 0 aliphatic heterocycles. The highest BCUT2D eigenvalue weighted by atomic mass is 16.3. The average Bonchev–Trinajstić information content (AvgIpc) is 3.90. The zero-order valence-corrected chi connectivity index (χ0v) is 33.5. The molecule has 12 rings (SSSR count). The van der Waals surface area contributed by atoms with Crippen molar-refractivity contribution in [1.29, 1.82) is 0 Å². The molecule has 0 spiro atoms. The summed E-state index contributed by atoms with van der Waals surface area (Å²) < 4.78 is 9.00. The number of benzene rings is 9. The molecule has 5 heteroatoms. The van der Waals surface area contributed by atoms with Crippen LogP contribution in [0, 0.1) is 0 Å². The van der Waals surface area contributed by atoms with Crippen molar-refractivity contribution in [3.63, 3.8) is 0 Å². The molecule has 0 saturated heterocycles. The van der Waals surface area contributed by atoms with Crippen molar-refractivity contribution in [3.8, 4) is 73.2 Å². The highest BCUT2D eigenvalue weighted by Crippen LogP contribution is 2.43. The van der Waals surface area contributed by atoms with E-state index in [0.717, 1.165) is 66.6 Å². The first-order chi connectivity index (χ1) is 30.7. The third-order valence-corrected chi connectivity index (χ3v) is 11.9. The van der Waals surface area contributed by atoms with E-state index in [4.69, 9.17) is 19.4 Å². The van der Waals surface area contributed by atoms with Gasteiger partial charge in [-0.1, -0.05) is 170 Å². The van der Waals surface area contributed by atoms with Gasteiger partial charge in [0.25, 0.3) is 0 Å². The van der Waals surface area contributed by atoms with Gasteiger partial charge in [-0.15, -0.1) is 0 Å². The summed E-state index contributed by atoms with van der Waals surface area (Å²) in [6.07, 6.45) is 0. The number of para-hydroxylation sites is 3. The number of furan rings is 1. The Morgan fingerprint density at radius 3 is 1.66 bits per heavy atom. The van der Waals surface area contributed by atoms with Crippen LogP contribution in [0.2, 0.25) is 0 Å². The molecule has 290 valence electrons.